The Kier molecular flexibility index (Phi) is 11.0. The fourth-order valence-electron chi connectivity index (χ4n) is 3.74. The van der Waals surface area contributed by atoms with Gasteiger partial charge in [0.25, 0.3) is 0 Å². The van der Waals surface area contributed by atoms with Crippen LogP contribution in [-0.2, 0) is 26.2 Å². The van der Waals surface area contributed by atoms with Crippen LogP contribution in [-0.4, -0.2) is 57.6 Å². The zero-order valence-corrected chi connectivity index (χ0v) is 23.2. The van der Waals surface area contributed by atoms with Gasteiger partial charge in [-0.15, -0.1) is 0 Å². The number of methoxy groups -OCH3 is 1. The van der Waals surface area contributed by atoms with Crippen molar-refractivity contribution in [1.82, 2.24) is 10.2 Å². The minimum absolute atomic E-state index is 0.166. The Labute approximate surface area is 219 Å². The van der Waals surface area contributed by atoms with E-state index in [9.17, 15) is 18.0 Å². The summed E-state index contributed by atoms with van der Waals surface area (Å²) >= 11 is 6.22. The molecule has 2 aromatic rings. The molecular weight excluding hydrogens is 502 g/mol. The second kappa shape index (κ2) is 13.5. The molecule has 0 aliphatic rings. The first-order chi connectivity index (χ1) is 17.0. The van der Waals surface area contributed by atoms with Gasteiger partial charge in [-0.1, -0.05) is 61.7 Å². The van der Waals surface area contributed by atoms with Crippen LogP contribution >= 0.6 is 11.6 Å². The van der Waals surface area contributed by atoms with Crippen LogP contribution in [0.3, 0.4) is 0 Å². The van der Waals surface area contributed by atoms with Gasteiger partial charge in [-0.2, -0.15) is 0 Å². The number of hydrogen-bond donors (Lipinski definition) is 1. The van der Waals surface area contributed by atoms with E-state index in [1.54, 1.807) is 6.07 Å². The number of benzene rings is 2. The van der Waals surface area contributed by atoms with Crippen molar-refractivity contribution in [3.05, 3.63) is 58.6 Å². The number of amides is 2. The highest BCUT2D eigenvalue weighted by molar-refractivity contribution is 7.92. The van der Waals surface area contributed by atoms with Crippen molar-refractivity contribution in [3.8, 4) is 5.75 Å². The largest absolute Gasteiger partial charge is 0.495 e. The van der Waals surface area contributed by atoms with Crippen LogP contribution in [0.5, 0.6) is 5.75 Å². The summed E-state index contributed by atoms with van der Waals surface area (Å²) in [5, 5.41) is 3.12. The number of anilines is 1. The summed E-state index contributed by atoms with van der Waals surface area (Å²) in [7, 11) is -2.39. The van der Waals surface area contributed by atoms with Crippen molar-refractivity contribution < 1.29 is 22.7 Å². The molecule has 0 saturated carbocycles. The summed E-state index contributed by atoms with van der Waals surface area (Å²) in [5.74, 6) is -0.369. The maximum Gasteiger partial charge on any atom is 0.244 e. The molecule has 1 N–H and O–H groups in total. The van der Waals surface area contributed by atoms with Crippen molar-refractivity contribution >= 4 is 39.1 Å². The summed E-state index contributed by atoms with van der Waals surface area (Å²) in [5.41, 5.74) is 2.14. The molecule has 10 heteroatoms. The van der Waals surface area contributed by atoms with Gasteiger partial charge in [0.15, 0.2) is 0 Å². The molecule has 0 heterocycles. The highest BCUT2D eigenvalue weighted by Crippen LogP contribution is 2.30. The molecule has 0 unspecified atom stereocenters. The van der Waals surface area contributed by atoms with Crippen molar-refractivity contribution in [2.24, 2.45) is 0 Å². The Morgan fingerprint density at radius 2 is 1.78 bits per heavy atom. The maximum absolute atomic E-state index is 13.7. The Morgan fingerprint density at radius 3 is 2.31 bits per heavy atom. The van der Waals surface area contributed by atoms with E-state index in [0.29, 0.717) is 18.7 Å². The number of carbonyl (C=O) groups is 2. The Bertz CT molecular complexity index is 1140. The molecule has 0 aromatic heterocycles. The van der Waals surface area contributed by atoms with Gasteiger partial charge >= 0.3 is 0 Å². The topological polar surface area (TPSA) is 96.0 Å². The number of hydrogen-bond acceptors (Lipinski definition) is 5. The van der Waals surface area contributed by atoms with Crippen molar-refractivity contribution in [2.75, 3.05) is 30.8 Å². The van der Waals surface area contributed by atoms with Gasteiger partial charge in [0.1, 0.15) is 18.3 Å². The predicted molar refractivity (Wildman–Crippen MR) is 144 cm³/mol. The Morgan fingerprint density at radius 1 is 1.11 bits per heavy atom. The number of rotatable bonds is 13. The van der Waals surface area contributed by atoms with Gasteiger partial charge < -0.3 is 15.0 Å². The quantitative estimate of drug-likeness (QED) is 0.387. The van der Waals surface area contributed by atoms with Crippen LogP contribution in [0.15, 0.2) is 42.5 Å². The van der Waals surface area contributed by atoms with E-state index >= 15 is 0 Å². The van der Waals surface area contributed by atoms with Crippen LogP contribution < -0.4 is 14.4 Å². The number of aryl methyl sites for hydroxylation is 1. The second-order valence-corrected chi connectivity index (χ2v) is 11.0. The molecule has 0 aliphatic heterocycles. The van der Waals surface area contributed by atoms with E-state index in [1.165, 1.54) is 24.1 Å². The fraction of sp³-hybridized carbons (Fsp3) is 0.462. The standard InChI is InChI=1S/C26H36ClN3O5S/c1-6-8-15-28-26(32)23(7-2)29(17-20-11-9-19(3)10-12-20)25(31)18-30(36(5,33)34)21-13-14-24(35-4)22(27)16-21/h9-14,16,23H,6-8,15,17-18H2,1-5H3,(H,28,32)/t23-/m1/s1. The lowest BCUT2D eigenvalue weighted by Gasteiger charge is -2.33. The SMILES string of the molecule is CCCCNC(=O)[C@@H](CC)N(Cc1ccc(C)cc1)C(=O)CN(c1ccc(OC)c(Cl)c1)S(C)(=O)=O. The molecule has 2 aromatic carbocycles. The second-order valence-electron chi connectivity index (χ2n) is 8.66. The number of halogens is 1. The van der Waals surface area contributed by atoms with E-state index < -0.39 is 28.5 Å². The summed E-state index contributed by atoms with van der Waals surface area (Å²) < 4.78 is 31.5. The number of nitrogens with one attached hydrogen (secondary N) is 1. The maximum atomic E-state index is 13.7. The first kappa shape index (κ1) is 29.5. The lowest BCUT2D eigenvalue weighted by Crippen LogP contribution is -2.52. The molecule has 0 spiro atoms. The lowest BCUT2D eigenvalue weighted by atomic mass is 10.1. The summed E-state index contributed by atoms with van der Waals surface area (Å²) in [6.07, 6.45) is 3.16. The molecule has 2 amide bonds. The monoisotopic (exact) mass is 537 g/mol. The first-order valence-electron chi connectivity index (χ1n) is 12.0. The van der Waals surface area contributed by atoms with Gasteiger partial charge in [-0.05, 0) is 43.5 Å². The molecule has 0 fully saturated rings. The first-order valence-corrected chi connectivity index (χ1v) is 14.2. The summed E-state index contributed by atoms with van der Waals surface area (Å²) in [4.78, 5) is 28.2. The number of unbranched alkanes of at least 4 members (excludes halogenated alkanes) is 1. The molecule has 0 saturated heterocycles. The highest BCUT2D eigenvalue weighted by atomic mass is 35.5. The molecule has 1 atom stereocenters. The molecule has 0 aliphatic carbocycles. The molecular formula is C26H36ClN3O5S. The highest BCUT2D eigenvalue weighted by Gasteiger charge is 2.31. The van der Waals surface area contributed by atoms with Crippen LogP contribution in [0.25, 0.3) is 0 Å². The van der Waals surface area contributed by atoms with Gasteiger partial charge in [-0.3, -0.25) is 13.9 Å². The van der Waals surface area contributed by atoms with Crippen LogP contribution in [0.4, 0.5) is 5.69 Å². The summed E-state index contributed by atoms with van der Waals surface area (Å²) in [6, 6.07) is 11.4. The molecule has 36 heavy (non-hydrogen) atoms. The third kappa shape index (κ3) is 8.13. The van der Waals surface area contributed by atoms with E-state index in [4.69, 9.17) is 16.3 Å². The van der Waals surface area contributed by atoms with Gasteiger partial charge in [0.2, 0.25) is 21.8 Å². The fourth-order valence-corrected chi connectivity index (χ4v) is 4.83. The molecule has 0 radical (unpaired) electrons. The van der Waals surface area contributed by atoms with E-state index in [-0.39, 0.29) is 23.2 Å². The normalized spacial score (nSPS) is 12.1. The van der Waals surface area contributed by atoms with Crippen molar-refractivity contribution in [1.29, 1.82) is 0 Å². The van der Waals surface area contributed by atoms with Gasteiger partial charge in [0.05, 0.1) is 24.1 Å². The van der Waals surface area contributed by atoms with Crippen molar-refractivity contribution in [3.63, 3.8) is 0 Å². The predicted octanol–water partition coefficient (Wildman–Crippen LogP) is 4.15. The number of nitrogens with zero attached hydrogens (tertiary/aromatic N) is 2. The third-order valence-electron chi connectivity index (χ3n) is 5.79. The number of sulfonamides is 1. The van der Waals surface area contributed by atoms with E-state index in [0.717, 1.165) is 34.5 Å². The minimum atomic E-state index is -3.85. The van der Waals surface area contributed by atoms with Crippen molar-refractivity contribution in [2.45, 2.75) is 52.6 Å². The average Bonchev–Trinajstić information content (AvgIpc) is 2.83. The molecule has 2 rings (SSSR count). The summed E-state index contributed by atoms with van der Waals surface area (Å²) in [6.45, 7) is 6.02. The van der Waals surface area contributed by atoms with Gasteiger partial charge in [-0.25, -0.2) is 8.42 Å². The number of carbonyl (C=O) groups excluding carboxylic acids is 2. The van der Waals surface area contributed by atoms with E-state index in [2.05, 4.69) is 5.32 Å². The van der Waals surface area contributed by atoms with Crippen LogP contribution in [0, 0.1) is 6.92 Å². The molecule has 8 nitrogen and oxygen atoms in total. The molecule has 198 valence electrons. The lowest BCUT2D eigenvalue weighted by molar-refractivity contribution is -0.140. The molecule has 0 bridgehead atoms. The number of ether oxygens (including phenoxy) is 1. The van der Waals surface area contributed by atoms with E-state index in [1.807, 2.05) is 45.0 Å². The average molecular weight is 538 g/mol. The smallest absolute Gasteiger partial charge is 0.244 e. The Hall–Kier alpha value is -2.78. The Balaban J connectivity index is 2.42. The van der Waals surface area contributed by atoms with Crippen LogP contribution in [0.1, 0.15) is 44.2 Å². The zero-order chi connectivity index (χ0) is 26.9. The minimum Gasteiger partial charge on any atom is -0.495 e. The zero-order valence-electron chi connectivity index (χ0n) is 21.6. The van der Waals surface area contributed by atoms with Crippen LogP contribution in [0.2, 0.25) is 5.02 Å². The third-order valence-corrected chi connectivity index (χ3v) is 7.23. The van der Waals surface area contributed by atoms with Gasteiger partial charge in [0, 0.05) is 13.1 Å².